The zero-order valence-electron chi connectivity index (χ0n) is 16.7. The predicted molar refractivity (Wildman–Crippen MR) is 127 cm³/mol. The van der Waals surface area contributed by atoms with Crippen molar-refractivity contribution >= 4 is 50.9 Å². The number of amides is 2. The number of carbonyl (C=O) groups is 2. The lowest BCUT2D eigenvalue weighted by Crippen LogP contribution is -2.28. The van der Waals surface area contributed by atoms with Crippen LogP contribution in [-0.2, 0) is 4.79 Å². The van der Waals surface area contributed by atoms with Gasteiger partial charge >= 0.3 is 0 Å². The molecule has 0 aliphatic carbocycles. The quantitative estimate of drug-likeness (QED) is 0.490. The molecule has 2 amide bonds. The lowest BCUT2D eigenvalue weighted by Gasteiger charge is -2.25. The van der Waals surface area contributed by atoms with Crippen LogP contribution in [0.1, 0.15) is 32.4 Å². The molecule has 0 spiro atoms. The number of benzene rings is 3. The number of nitrogens with zero attached hydrogens (tertiary/aromatic N) is 1. The van der Waals surface area contributed by atoms with Crippen LogP contribution in [0.25, 0.3) is 0 Å². The third-order valence-electron chi connectivity index (χ3n) is 4.87. The highest BCUT2D eigenvalue weighted by atomic mass is 79.9. The molecule has 0 radical (unpaired) electrons. The molecule has 4 rings (SSSR count). The molecule has 0 unspecified atom stereocenters. The predicted octanol–water partition coefficient (Wildman–Crippen LogP) is 6.10. The molecular formula is C24H21BrN2O2S. The van der Waals surface area contributed by atoms with E-state index in [9.17, 15) is 9.59 Å². The van der Waals surface area contributed by atoms with Crippen LogP contribution in [0.15, 0.2) is 71.2 Å². The molecule has 1 aliphatic heterocycles. The van der Waals surface area contributed by atoms with Crippen molar-refractivity contribution in [1.29, 1.82) is 0 Å². The molecule has 3 aromatic carbocycles. The topological polar surface area (TPSA) is 49.4 Å². The van der Waals surface area contributed by atoms with Crippen LogP contribution in [0.5, 0.6) is 0 Å². The molecule has 6 heteroatoms. The van der Waals surface area contributed by atoms with E-state index in [-0.39, 0.29) is 17.2 Å². The fourth-order valence-corrected chi connectivity index (χ4v) is 5.21. The first-order valence-corrected chi connectivity index (χ1v) is 11.4. The maximum Gasteiger partial charge on any atom is 0.255 e. The molecule has 1 aliphatic rings. The Morgan fingerprint density at radius 1 is 1.03 bits per heavy atom. The van der Waals surface area contributed by atoms with E-state index in [1.165, 1.54) is 0 Å². The van der Waals surface area contributed by atoms with E-state index in [1.54, 1.807) is 23.9 Å². The Morgan fingerprint density at radius 2 is 1.77 bits per heavy atom. The van der Waals surface area contributed by atoms with Crippen LogP contribution < -0.4 is 10.2 Å². The van der Waals surface area contributed by atoms with Crippen LogP contribution in [0.3, 0.4) is 0 Å². The molecule has 3 aromatic rings. The number of carbonyl (C=O) groups excluding carboxylic acids is 2. The summed E-state index contributed by atoms with van der Waals surface area (Å²) in [6.07, 6.45) is 0. The van der Waals surface area contributed by atoms with Crippen LogP contribution in [0, 0.1) is 13.8 Å². The Labute approximate surface area is 188 Å². The number of rotatable bonds is 4. The third kappa shape index (κ3) is 4.45. The molecular weight excluding hydrogens is 460 g/mol. The Kier molecular flexibility index (Phi) is 5.97. The Balaban J connectivity index is 1.61. The average Bonchev–Trinajstić information content (AvgIpc) is 3.09. The Hall–Kier alpha value is -2.57. The fraction of sp³-hybridized carbons (Fsp3) is 0.167. The van der Waals surface area contributed by atoms with Crippen molar-refractivity contribution in [2.45, 2.75) is 19.2 Å². The van der Waals surface area contributed by atoms with Crippen molar-refractivity contribution in [2.24, 2.45) is 0 Å². The van der Waals surface area contributed by atoms with Gasteiger partial charge in [0.25, 0.3) is 5.91 Å². The first kappa shape index (κ1) is 20.7. The Bertz CT molecular complexity index is 1110. The van der Waals surface area contributed by atoms with Gasteiger partial charge in [-0.15, -0.1) is 11.8 Å². The molecule has 1 atom stereocenters. The summed E-state index contributed by atoms with van der Waals surface area (Å²) in [5, 5.41) is 2.84. The number of halogens is 1. The number of hydrogen-bond donors (Lipinski definition) is 1. The summed E-state index contributed by atoms with van der Waals surface area (Å²) in [7, 11) is 0. The smallest absolute Gasteiger partial charge is 0.255 e. The molecule has 1 saturated heterocycles. The second kappa shape index (κ2) is 8.66. The van der Waals surface area contributed by atoms with Gasteiger partial charge in [0.15, 0.2) is 0 Å². The summed E-state index contributed by atoms with van der Waals surface area (Å²) in [6.45, 7) is 4.08. The van der Waals surface area contributed by atoms with Crippen molar-refractivity contribution in [2.75, 3.05) is 16.0 Å². The molecule has 1 heterocycles. The summed E-state index contributed by atoms with van der Waals surface area (Å²) in [5.74, 6) is 0.361. The SMILES string of the molecule is Cc1cc(C)cc(N2C(=O)CS[C@@H]2c2cccc(NC(=O)c3cccc(Br)c3)c2)c1. The minimum atomic E-state index is -0.172. The number of nitrogens with one attached hydrogen (secondary N) is 1. The van der Waals surface area contributed by atoms with Crippen molar-refractivity contribution in [3.05, 3.63) is 93.5 Å². The van der Waals surface area contributed by atoms with E-state index in [1.807, 2.05) is 67.3 Å². The van der Waals surface area contributed by atoms with Crippen LogP contribution in [-0.4, -0.2) is 17.6 Å². The molecule has 0 aromatic heterocycles. The highest BCUT2D eigenvalue weighted by molar-refractivity contribution is 9.10. The highest BCUT2D eigenvalue weighted by Crippen LogP contribution is 2.42. The van der Waals surface area contributed by atoms with E-state index in [4.69, 9.17) is 0 Å². The number of aryl methyl sites for hydroxylation is 2. The zero-order chi connectivity index (χ0) is 21.3. The summed E-state index contributed by atoms with van der Waals surface area (Å²) < 4.78 is 0.855. The van der Waals surface area contributed by atoms with Gasteiger partial charge in [-0.05, 0) is 73.0 Å². The lowest BCUT2D eigenvalue weighted by molar-refractivity contribution is -0.115. The summed E-state index contributed by atoms with van der Waals surface area (Å²) in [4.78, 5) is 27.2. The van der Waals surface area contributed by atoms with Crippen molar-refractivity contribution in [3.8, 4) is 0 Å². The van der Waals surface area contributed by atoms with Gasteiger partial charge in [-0.1, -0.05) is 40.2 Å². The molecule has 152 valence electrons. The summed E-state index contributed by atoms with van der Waals surface area (Å²) >= 11 is 5.00. The van der Waals surface area contributed by atoms with E-state index < -0.39 is 0 Å². The van der Waals surface area contributed by atoms with E-state index in [2.05, 4.69) is 27.3 Å². The van der Waals surface area contributed by atoms with Gasteiger partial charge in [-0.3, -0.25) is 14.5 Å². The number of anilines is 2. The van der Waals surface area contributed by atoms with Gasteiger partial charge in [0.2, 0.25) is 5.91 Å². The Morgan fingerprint density at radius 3 is 2.50 bits per heavy atom. The van der Waals surface area contributed by atoms with E-state index in [0.29, 0.717) is 17.0 Å². The largest absolute Gasteiger partial charge is 0.322 e. The van der Waals surface area contributed by atoms with Gasteiger partial charge in [0, 0.05) is 21.4 Å². The van der Waals surface area contributed by atoms with Crippen molar-refractivity contribution < 1.29 is 9.59 Å². The second-order valence-electron chi connectivity index (χ2n) is 7.36. The first-order valence-electron chi connectivity index (χ1n) is 9.59. The molecule has 1 N–H and O–H groups in total. The molecule has 0 bridgehead atoms. The molecule has 4 nitrogen and oxygen atoms in total. The fourth-order valence-electron chi connectivity index (χ4n) is 3.64. The zero-order valence-corrected chi connectivity index (χ0v) is 19.1. The maximum absolute atomic E-state index is 12.7. The van der Waals surface area contributed by atoms with Gasteiger partial charge in [-0.2, -0.15) is 0 Å². The van der Waals surface area contributed by atoms with Crippen LogP contribution in [0.4, 0.5) is 11.4 Å². The molecule has 30 heavy (non-hydrogen) atoms. The van der Waals surface area contributed by atoms with Crippen LogP contribution >= 0.6 is 27.7 Å². The first-order chi connectivity index (χ1) is 14.4. The number of hydrogen-bond acceptors (Lipinski definition) is 3. The molecule has 0 saturated carbocycles. The minimum Gasteiger partial charge on any atom is -0.322 e. The van der Waals surface area contributed by atoms with E-state index >= 15 is 0 Å². The monoisotopic (exact) mass is 480 g/mol. The standard InChI is InChI=1S/C24H21BrN2O2S/c1-15-9-16(2)11-21(10-15)27-22(28)14-30-24(27)18-6-4-8-20(13-18)26-23(29)17-5-3-7-19(25)12-17/h3-13,24H,14H2,1-2H3,(H,26,29)/t24-/m1/s1. The van der Waals surface area contributed by atoms with Crippen LogP contribution in [0.2, 0.25) is 0 Å². The van der Waals surface area contributed by atoms with Gasteiger partial charge in [0.05, 0.1) is 5.75 Å². The second-order valence-corrected chi connectivity index (χ2v) is 9.35. The van der Waals surface area contributed by atoms with Crippen molar-refractivity contribution in [1.82, 2.24) is 0 Å². The third-order valence-corrected chi connectivity index (χ3v) is 6.57. The van der Waals surface area contributed by atoms with Crippen molar-refractivity contribution in [3.63, 3.8) is 0 Å². The number of thioether (sulfide) groups is 1. The van der Waals surface area contributed by atoms with Gasteiger partial charge < -0.3 is 5.32 Å². The average molecular weight is 481 g/mol. The van der Waals surface area contributed by atoms with E-state index in [0.717, 1.165) is 26.9 Å². The summed E-state index contributed by atoms with van der Waals surface area (Å²) in [6, 6.07) is 21.2. The maximum atomic E-state index is 12.7. The summed E-state index contributed by atoms with van der Waals surface area (Å²) in [5.41, 5.74) is 5.44. The van der Waals surface area contributed by atoms with Gasteiger partial charge in [-0.25, -0.2) is 0 Å². The minimum absolute atomic E-state index is 0.0959. The molecule has 1 fully saturated rings. The normalized spacial score (nSPS) is 16.0. The van der Waals surface area contributed by atoms with Gasteiger partial charge in [0.1, 0.15) is 5.37 Å². The highest BCUT2D eigenvalue weighted by Gasteiger charge is 2.34. The lowest BCUT2D eigenvalue weighted by atomic mass is 10.1.